The van der Waals surface area contributed by atoms with Gasteiger partial charge in [0.2, 0.25) is 0 Å². The average molecular weight is 341 g/mol. The Balaban J connectivity index is 1.49. The van der Waals surface area contributed by atoms with Crippen LogP contribution < -0.4 is 5.32 Å². The lowest BCUT2D eigenvalue weighted by atomic mass is 10.1. The molecule has 1 heterocycles. The van der Waals surface area contributed by atoms with Crippen LogP contribution in [0.1, 0.15) is 37.8 Å². The van der Waals surface area contributed by atoms with Gasteiger partial charge in [-0.15, -0.1) is 0 Å². The van der Waals surface area contributed by atoms with Crippen molar-refractivity contribution in [2.24, 2.45) is 5.92 Å². The molecule has 1 saturated heterocycles. The molecular formula is C16H22BrFN2. The first-order valence-corrected chi connectivity index (χ1v) is 8.35. The molecule has 20 heavy (non-hydrogen) atoms. The zero-order chi connectivity index (χ0) is 14.1. The van der Waals surface area contributed by atoms with E-state index >= 15 is 0 Å². The third-order valence-corrected chi connectivity index (χ3v) is 5.14. The Bertz CT molecular complexity index is 476. The molecule has 1 aromatic rings. The number of halogens is 2. The van der Waals surface area contributed by atoms with Gasteiger partial charge in [-0.3, -0.25) is 0 Å². The first-order chi connectivity index (χ1) is 9.63. The van der Waals surface area contributed by atoms with Crippen LogP contribution in [0.15, 0.2) is 22.7 Å². The second-order valence-corrected chi connectivity index (χ2v) is 7.04. The number of nitrogens with one attached hydrogen (secondary N) is 1. The van der Waals surface area contributed by atoms with Gasteiger partial charge < -0.3 is 10.2 Å². The highest BCUT2D eigenvalue weighted by atomic mass is 79.9. The van der Waals surface area contributed by atoms with Crippen molar-refractivity contribution in [2.75, 3.05) is 19.6 Å². The van der Waals surface area contributed by atoms with E-state index in [-0.39, 0.29) is 11.9 Å². The molecule has 2 fully saturated rings. The number of benzene rings is 1. The van der Waals surface area contributed by atoms with Crippen molar-refractivity contribution >= 4 is 15.9 Å². The Morgan fingerprint density at radius 1 is 1.40 bits per heavy atom. The maximum Gasteiger partial charge on any atom is 0.137 e. The molecule has 1 aliphatic heterocycles. The maximum atomic E-state index is 13.2. The summed E-state index contributed by atoms with van der Waals surface area (Å²) in [4.78, 5) is 2.64. The monoisotopic (exact) mass is 340 g/mol. The summed E-state index contributed by atoms with van der Waals surface area (Å²) in [5.41, 5.74) is 1.13. The van der Waals surface area contributed by atoms with Crippen LogP contribution in [0.25, 0.3) is 0 Å². The van der Waals surface area contributed by atoms with Gasteiger partial charge in [0.1, 0.15) is 5.82 Å². The van der Waals surface area contributed by atoms with Crippen LogP contribution in [0.5, 0.6) is 0 Å². The fourth-order valence-electron chi connectivity index (χ4n) is 3.04. The lowest BCUT2D eigenvalue weighted by Gasteiger charge is -2.19. The van der Waals surface area contributed by atoms with Gasteiger partial charge in [0.15, 0.2) is 0 Å². The van der Waals surface area contributed by atoms with Crippen LogP contribution >= 0.6 is 15.9 Å². The minimum atomic E-state index is -0.197. The van der Waals surface area contributed by atoms with Crippen molar-refractivity contribution < 1.29 is 4.39 Å². The first-order valence-electron chi connectivity index (χ1n) is 7.56. The molecule has 2 unspecified atom stereocenters. The minimum Gasteiger partial charge on any atom is -0.310 e. The molecule has 110 valence electrons. The normalized spacial score (nSPS) is 25.1. The Morgan fingerprint density at radius 2 is 2.20 bits per heavy atom. The summed E-state index contributed by atoms with van der Waals surface area (Å²) in [7, 11) is 0. The standard InChI is InChI=1S/C16H22BrFN2/c1-11(13-2-5-16(18)15(17)8-13)19-9-12-6-7-20(10-12)14-3-4-14/h2,5,8,11-12,14,19H,3-4,6-7,9-10H2,1H3. The van der Waals surface area contributed by atoms with Gasteiger partial charge in [-0.25, -0.2) is 4.39 Å². The highest BCUT2D eigenvalue weighted by Gasteiger charge is 2.34. The zero-order valence-corrected chi connectivity index (χ0v) is 13.5. The van der Waals surface area contributed by atoms with Gasteiger partial charge >= 0.3 is 0 Å². The van der Waals surface area contributed by atoms with E-state index in [1.54, 1.807) is 0 Å². The SMILES string of the molecule is CC(NCC1CCN(C2CC2)C1)c1ccc(F)c(Br)c1. The number of hydrogen-bond donors (Lipinski definition) is 1. The Labute approximate surface area is 128 Å². The molecule has 2 aliphatic rings. The predicted octanol–water partition coefficient (Wildman–Crippen LogP) is 3.72. The van der Waals surface area contributed by atoms with E-state index in [9.17, 15) is 4.39 Å². The summed E-state index contributed by atoms with van der Waals surface area (Å²) in [5.74, 6) is 0.568. The Kier molecular flexibility index (Phi) is 4.43. The smallest absolute Gasteiger partial charge is 0.137 e. The van der Waals surface area contributed by atoms with Crippen molar-refractivity contribution in [2.45, 2.75) is 38.3 Å². The van der Waals surface area contributed by atoms with E-state index in [4.69, 9.17) is 0 Å². The molecule has 3 rings (SSSR count). The van der Waals surface area contributed by atoms with Gasteiger partial charge in [-0.05, 0) is 78.8 Å². The lowest BCUT2D eigenvalue weighted by Crippen LogP contribution is -2.29. The quantitative estimate of drug-likeness (QED) is 0.878. The predicted molar refractivity (Wildman–Crippen MR) is 83.2 cm³/mol. The van der Waals surface area contributed by atoms with Crippen molar-refractivity contribution in [3.63, 3.8) is 0 Å². The molecule has 4 heteroatoms. The average Bonchev–Trinajstić information content (AvgIpc) is 3.18. The van der Waals surface area contributed by atoms with E-state index in [0.717, 1.165) is 24.1 Å². The lowest BCUT2D eigenvalue weighted by molar-refractivity contribution is 0.310. The minimum absolute atomic E-state index is 0.197. The summed E-state index contributed by atoms with van der Waals surface area (Å²) < 4.78 is 13.8. The van der Waals surface area contributed by atoms with Crippen molar-refractivity contribution in [1.82, 2.24) is 10.2 Å². The maximum absolute atomic E-state index is 13.2. The van der Waals surface area contributed by atoms with E-state index in [1.165, 1.54) is 38.4 Å². The summed E-state index contributed by atoms with van der Waals surface area (Å²) in [6, 6.07) is 6.43. The van der Waals surface area contributed by atoms with Crippen LogP contribution in [-0.2, 0) is 0 Å². The summed E-state index contributed by atoms with van der Waals surface area (Å²) in [5, 5.41) is 3.60. The van der Waals surface area contributed by atoms with E-state index < -0.39 is 0 Å². The fraction of sp³-hybridized carbons (Fsp3) is 0.625. The molecule has 0 radical (unpaired) electrons. The fourth-order valence-corrected chi connectivity index (χ4v) is 3.44. The van der Waals surface area contributed by atoms with Crippen molar-refractivity contribution in [3.8, 4) is 0 Å². The highest BCUT2D eigenvalue weighted by Crippen LogP contribution is 2.31. The highest BCUT2D eigenvalue weighted by molar-refractivity contribution is 9.10. The second kappa shape index (κ2) is 6.12. The van der Waals surface area contributed by atoms with Crippen LogP contribution in [0, 0.1) is 11.7 Å². The zero-order valence-electron chi connectivity index (χ0n) is 11.9. The van der Waals surface area contributed by atoms with Crippen molar-refractivity contribution in [3.05, 3.63) is 34.1 Å². The molecule has 1 aliphatic carbocycles. The number of likely N-dealkylation sites (tertiary alicyclic amines) is 1. The number of hydrogen-bond acceptors (Lipinski definition) is 2. The molecule has 0 amide bonds. The van der Waals surface area contributed by atoms with Crippen LogP contribution in [0.3, 0.4) is 0 Å². The second-order valence-electron chi connectivity index (χ2n) is 6.18. The van der Waals surface area contributed by atoms with E-state index in [0.29, 0.717) is 4.47 Å². The van der Waals surface area contributed by atoms with E-state index in [1.807, 2.05) is 12.1 Å². The van der Waals surface area contributed by atoms with E-state index in [2.05, 4.69) is 33.1 Å². The van der Waals surface area contributed by atoms with Gasteiger partial charge in [0, 0.05) is 18.6 Å². The largest absolute Gasteiger partial charge is 0.310 e. The third kappa shape index (κ3) is 3.41. The summed E-state index contributed by atoms with van der Waals surface area (Å²) >= 11 is 3.25. The number of nitrogens with zero attached hydrogens (tertiary/aromatic N) is 1. The van der Waals surface area contributed by atoms with Gasteiger partial charge in [0.05, 0.1) is 4.47 Å². The molecule has 2 atom stereocenters. The molecule has 0 bridgehead atoms. The molecule has 1 saturated carbocycles. The van der Waals surface area contributed by atoms with Gasteiger partial charge in [-0.2, -0.15) is 0 Å². The van der Waals surface area contributed by atoms with Crippen LogP contribution in [0.4, 0.5) is 4.39 Å². The topological polar surface area (TPSA) is 15.3 Å². The Morgan fingerprint density at radius 3 is 2.90 bits per heavy atom. The van der Waals surface area contributed by atoms with Crippen LogP contribution in [-0.4, -0.2) is 30.6 Å². The molecular weight excluding hydrogens is 319 g/mol. The van der Waals surface area contributed by atoms with Crippen molar-refractivity contribution in [1.29, 1.82) is 0 Å². The molecule has 0 spiro atoms. The first kappa shape index (κ1) is 14.5. The van der Waals surface area contributed by atoms with Crippen LogP contribution in [0.2, 0.25) is 0 Å². The number of rotatable bonds is 5. The van der Waals surface area contributed by atoms with Gasteiger partial charge in [-0.1, -0.05) is 6.07 Å². The third-order valence-electron chi connectivity index (χ3n) is 4.54. The molecule has 1 aromatic carbocycles. The summed E-state index contributed by atoms with van der Waals surface area (Å²) in [6.07, 6.45) is 4.11. The molecule has 1 N–H and O–H groups in total. The molecule has 0 aromatic heterocycles. The molecule has 2 nitrogen and oxygen atoms in total. The Hall–Kier alpha value is -0.450. The van der Waals surface area contributed by atoms with Gasteiger partial charge in [0.25, 0.3) is 0 Å². The summed E-state index contributed by atoms with van der Waals surface area (Å²) in [6.45, 7) is 5.72.